The Labute approximate surface area is 50.6 Å². The van der Waals surface area contributed by atoms with Crippen molar-refractivity contribution in [3.05, 3.63) is 0 Å². The molecule has 0 fully saturated rings. The summed E-state index contributed by atoms with van der Waals surface area (Å²) in [5, 5.41) is 8.63. The zero-order chi connectivity index (χ0) is 2.71. The van der Waals surface area contributed by atoms with Crippen LogP contribution in [0.5, 0.6) is 0 Å². The predicted octanol–water partition coefficient (Wildman–Crippen LogP) is 0.0165. The van der Waals surface area contributed by atoms with Crippen LogP contribution in [0.1, 0.15) is 0 Å². The molecule has 0 rings (SSSR count). The summed E-state index contributed by atoms with van der Waals surface area (Å²) in [6.45, 7) is 0. The fraction of sp³-hybridized carbons (Fsp3) is 0. The third-order valence-electron chi connectivity index (χ3n) is 0. The average Bonchev–Trinajstić information content (AvgIpc) is 0.918. The molecule has 0 aliphatic rings. The average molecular weight is 266 g/mol. The molecule has 0 bridgehead atoms. The summed E-state index contributed by atoms with van der Waals surface area (Å²) in [7, 11) is 0. The van der Waals surface area contributed by atoms with Gasteiger partial charge in [0.2, 0.25) is 0 Å². The van der Waals surface area contributed by atoms with Gasteiger partial charge in [-0.1, -0.05) is 12.6 Å². The van der Waals surface area contributed by atoms with Crippen LogP contribution in [0.4, 0.5) is 0 Å². The van der Waals surface area contributed by atoms with Crippen LogP contribution in [0.3, 0.4) is 0 Å². The first-order chi connectivity index (χ1) is 1.41. The van der Waals surface area contributed by atoms with Gasteiger partial charge in [-0.05, 0) is 0 Å². The van der Waals surface area contributed by atoms with E-state index in [1.165, 1.54) is 5.40 Å². The van der Waals surface area contributed by atoms with Gasteiger partial charge in [-0.25, -0.2) is 0 Å². The Hall–Kier alpha value is 0.762. The van der Waals surface area contributed by atoms with Crippen molar-refractivity contribution in [3.63, 3.8) is 0 Å². The minimum Gasteiger partial charge on any atom is -0.185 e. The van der Waals surface area contributed by atoms with Crippen LogP contribution in [-0.2, 0) is 0 Å². The summed E-state index contributed by atoms with van der Waals surface area (Å²) >= 11 is 3.09. The molecule has 20 valence electrons. The Morgan fingerprint density at radius 1 is 1.75 bits per heavy atom. The third kappa shape index (κ3) is 14.8. The van der Waals surface area contributed by atoms with E-state index in [0.29, 0.717) is 0 Å². The standard InChI is InChI=1S/CHNS.Pb/c2-1-3;/h3H;. The molecule has 0 N–H and O–H groups in total. The van der Waals surface area contributed by atoms with Crippen molar-refractivity contribution in [1.29, 1.82) is 5.26 Å². The predicted molar refractivity (Wildman–Crippen MR) is 20.4 cm³/mol. The number of nitrogens with zero attached hydrogens (tertiary/aromatic N) is 1. The van der Waals surface area contributed by atoms with Gasteiger partial charge < -0.3 is 0 Å². The van der Waals surface area contributed by atoms with Crippen LogP contribution in [0, 0.1) is 10.7 Å². The Morgan fingerprint density at radius 2 is 1.75 bits per heavy atom. The molecule has 0 saturated carbocycles. The molecule has 0 spiro atoms. The van der Waals surface area contributed by atoms with E-state index >= 15 is 0 Å². The zero-order valence-corrected chi connectivity index (χ0v) is 6.68. The van der Waals surface area contributed by atoms with Crippen molar-refractivity contribution < 1.29 is 0 Å². The smallest absolute Gasteiger partial charge is 0.130 e. The number of hydrogen-bond acceptors (Lipinski definition) is 2. The molecule has 0 heterocycles. The number of nitriles is 1. The fourth-order valence-corrected chi connectivity index (χ4v) is 0. The van der Waals surface area contributed by atoms with Gasteiger partial charge in [0.1, 0.15) is 5.40 Å². The molecule has 0 aromatic heterocycles. The maximum absolute atomic E-state index is 7.18. The second kappa shape index (κ2) is 9.24. The normalized spacial score (nSPS) is 2.00. The van der Waals surface area contributed by atoms with Crippen LogP contribution >= 0.6 is 12.6 Å². The third-order valence-corrected chi connectivity index (χ3v) is 0. The van der Waals surface area contributed by atoms with Crippen LogP contribution < -0.4 is 0 Å². The molecule has 0 unspecified atom stereocenters. The number of rotatable bonds is 0. The summed E-state index contributed by atoms with van der Waals surface area (Å²) < 4.78 is 0. The van der Waals surface area contributed by atoms with Crippen molar-refractivity contribution in [2.24, 2.45) is 0 Å². The van der Waals surface area contributed by atoms with Crippen LogP contribution in [0.25, 0.3) is 0 Å². The summed E-state index contributed by atoms with van der Waals surface area (Å²) in [6.07, 6.45) is 0. The van der Waals surface area contributed by atoms with E-state index < -0.39 is 0 Å². The van der Waals surface area contributed by atoms with Crippen molar-refractivity contribution in [1.82, 2.24) is 0 Å². The molecule has 4 heavy (non-hydrogen) atoms. The summed E-state index contributed by atoms with van der Waals surface area (Å²) in [6, 6.07) is 0. The SMILES string of the molecule is N#CS.[Pb]. The maximum atomic E-state index is 7.18. The molecule has 1 nitrogen and oxygen atoms in total. The Morgan fingerprint density at radius 3 is 1.75 bits per heavy atom. The molecule has 3 heteroatoms. The van der Waals surface area contributed by atoms with E-state index in [9.17, 15) is 0 Å². The van der Waals surface area contributed by atoms with E-state index in [4.69, 9.17) is 5.26 Å². The largest absolute Gasteiger partial charge is 0.185 e. The number of thiol groups is 1. The molecule has 0 aliphatic heterocycles. The molecule has 4 radical (unpaired) electrons. The van der Waals surface area contributed by atoms with Gasteiger partial charge in [-0.15, -0.1) is 0 Å². The second-order valence-corrected chi connectivity index (χ2v) is 0.300. The van der Waals surface area contributed by atoms with Crippen molar-refractivity contribution in [2.45, 2.75) is 0 Å². The monoisotopic (exact) mass is 267 g/mol. The van der Waals surface area contributed by atoms with Crippen LogP contribution in [-0.4, -0.2) is 27.3 Å². The van der Waals surface area contributed by atoms with E-state index in [2.05, 4.69) is 12.6 Å². The van der Waals surface area contributed by atoms with E-state index in [1.54, 1.807) is 0 Å². The minimum absolute atomic E-state index is 0. The Kier molecular flexibility index (Phi) is 20.4. The molecule has 0 atom stereocenters. The van der Waals surface area contributed by atoms with Gasteiger partial charge >= 0.3 is 0 Å². The minimum atomic E-state index is 0. The van der Waals surface area contributed by atoms with E-state index in [-0.39, 0.29) is 27.3 Å². The topological polar surface area (TPSA) is 23.8 Å². The molecular formula is CHNPbS. The van der Waals surface area contributed by atoms with Crippen LogP contribution in [0.2, 0.25) is 0 Å². The summed E-state index contributed by atoms with van der Waals surface area (Å²) in [4.78, 5) is 0. The second-order valence-electron chi connectivity index (χ2n) is 0.100. The first-order valence-corrected chi connectivity index (χ1v) is 0.894. The number of hydrogen-bond donors (Lipinski definition) is 1. The van der Waals surface area contributed by atoms with Crippen molar-refractivity contribution in [3.8, 4) is 5.40 Å². The molecular weight excluding hydrogens is 265 g/mol. The van der Waals surface area contributed by atoms with Crippen molar-refractivity contribution >= 4 is 39.9 Å². The van der Waals surface area contributed by atoms with E-state index in [0.717, 1.165) is 0 Å². The van der Waals surface area contributed by atoms with Gasteiger partial charge in [-0.3, -0.25) is 0 Å². The first-order valence-electron chi connectivity index (χ1n) is 0.447. The number of thiocyanates is 1. The van der Waals surface area contributed by atoms with Gasteiger partial charge in [0, 0.05) is 27.3 Å². The van der Waals surface area contributed by atoms with Gasteiger partial charge in [-0.2, -0.15) is 5.26 Å². The Bertz CT molecular complexity index is 29.5. The van der Waals surface area contributed by atoms with Gasteiger partial charge in [0.05, 0.1) is 0 Å². The summed E-state index contributed by atoms with van der Waals surface area (Å²) in [5.41, 5.74) is 0. The molecule has 0 aromatic rings. The van der Waals surface area contributed by atoms with E-state index in [1.807, 2.05) is 0 Å². The fourth-order valence-electron chi connectivity index (χ4n) is 0. The van der Waals surface area contributed by atoms with Crippen molar-refractivity contribution in [2.75, 3.05) is 0 Å². The molecule has 0 aliphatic carbocycles. The molecule has 0 aromatic carbocycles. The zero-order valence-electron chi connectivity index (χ0n) is 1.89. The summed E-state index contributed by atoms with van der Waals surface area (Å²) in [5.74, 6) is 0. The van der Waals surface area contributed by atoms with Crippen LogP contribution in [0.15, 0.2) is 0 Å². The molecule has 0 saturated heterocycles. The van der Waals surface area contributed by atoms with Gasteiger partial charge in [0.15, 0.2) is 0 Å². The molecule has 0 amide bonds. The first kappa shape index (κ1) is 8.83. The Balaban J connectivity index is 0. The quantitative estimate of drug-likeness (QED) is 0.373. The van der Waals surface area contributed by atoms with Gasteiger partial charge in [0.25, 0.3) is 0 Å². The maximum Gasteiger partial charge on any atom is 0.130 e.